The van der Waals surface area contributed by atoms with Crippen LogP contribution in [0, 0.1) is 6.92 Å². The van der Waals surface area contributed by atoms with Crippen LogP contribution in [0.2, 0.25) is 5.02 Å². The minimum absolute atomic E-state index is 0.100. The van der Waals surface area contributed by atoms with Gasteiger partial charge in [0.25, 0.3) is 5.91 Å². The second-order valence-electron chi connectivity index (χ2n) is 6.88. The average molecular weight is 418 g/mol. The van der Waals surface area contributed by atoms with E-state index in [2.05, 4.69) is 4.90 Å². The molecule has 1 heterocycles. The first-order valence-electron chi connectivity index (χ1n) is 9.07. The molecule has 0 atom stereocenters. The van der Waals surface area contributed by atoms with Crippen LogP contribution in [-0.4, -0.2) is 50.1 Å². The van der Waals surface area contributed by atoms with Crippen LogP contribution >= 0.6 is 22.9 Å². The fraction of sp³-hybridized carbons (Fsp3) is 0.333. The van der Waals surface area contributed by atoms with E-state index in [0.29, 0.717) is 28.0 Å². The van der Waals surface area contributed by atoms with Gasteiger partial charge in [0.05, 0.1) is 11.8 Å². The number of carbonyl (C=O) groups is 1. The Kier molecular flexibility index (Phi) is 6.54. The van der Waals surface area contributed by atoms with Gasteiger partial charge in [-0.05, 0) is 63.8 Å². The Balaban J connectivity index is 2.02. The molecule has 0 saturated carbocycles. The van der Waals surface area contributed by atoms with Crippen molar-refractivity contribution in [1.82, 2.24) is 9.88 Å². The maximum absolute atomic E-state index is 13.3. The number of amides is 1. The third-order valence-electron chi connectivity index (χ3n) is 4.45. The summed E-state index contributed by atoms with van der Waals surface area (Å²) in [6, 6.07) is 11.0. The van der Waals surface area contributed by atoms with Crippen LogP contribution < -0.4 is 9.64 Å². The number of methoxy groups -OCH3 is 1. The second-order valence-corrected chi connectivity index (χ2v) is 8.30. The van der Waals surface area contributed by atoms with Crippen molar-refractivity contribution < 1.29 is 9.53 Å². The Morgan fingerprint density at radius 1 is 1.21 bits per heavy atom. The maximum atomic E-state index is 13.3. The normalized spacial score (nSPS) is 11.2. The summed E-state index contributed by atoms with van der Waals surface area (Å²) in [7, 11) is 5.68. The standard InChI is InChI=1S/C21H24ClN3O2S/c1-14-9-10-17(27-4)18-19(14)28-21(23-18)25(12-6-11-24(2)3)20(26)15-7-5-8-16(22)13-15/h5,7-10,13H,6,11-12H2,1-4H3. The molecule has 0 fully saturated rings. The summed E-state index contributed by atoms with van der Waals surface area (Å²) >= 11 is 7.62. The summed E-state index contributed by atoms with van der Waals surface area (Å²) in [5, 5.41) is 1.22. The molecular formula is C21H24ClN3O2S. The molecule has 0 aliphatic heterocycles. The van der Waals surface area contributed by atoms with E-state index >= 15 is 0 Å². The summed E-state index contributed by atoms with van der Waals surface area (Å²) in [6.45, 7) is 3.50. The van der Waals surface area contributed by atoms with Crippen LogP contribution in [0.5, 0.6) is 5.75 Å². The van der Waals surface area contributed by atoms with E-state index in [1.165, 1.54) is 11.3 Å². The van der Waals surface area contributed by atoms with E-state index in [0.717, 1.165) is 28.7 Å². The number of fused-ring (bicyclic) bond motifs is 1. The molecule has 0 aliphatic rings. The van der Waals surface area contributed by atoms with Crippen molar-refractivity contribution in [2.45, 2.75) is 13.3 Å². The topological polar surface area (TPSA) is 45.7 Å². The molecule has 0 spiro atoms. The van der Waals surface area contributed by atoms with Gasteiger partial charge in [0.1, 0.15) is 11.3 Å². The molecule has 28 heavy (non-hydrogen) atoms. The number of benzene rings is 2. The quantitative estimate of drug-likeness (QED) is 0.550. The van der Waals surface area contributed by atoms with Gasteiger partial charge in [-0.1, -0.05) is 35.1 Å². The van der Waals surface area contributed by atoms with Gasteiger partial charge in [0, 0.05) is 17.1 Å². The molecule has 0 saturated heterocycles. The lowest BCUT2D eigenvalue weighted by Crippen LogP contribution is -2.33. The molecule has 0 unspecified atom stereocenters. The zero-order valence-electron chi connectivity index (χ0n) is 16.5. The third-order valence-corrected chi connectivity index (χ3v) is 5.90. The van der Waals surface area contributed by atoms with E-state index in [1.807, 2.05) is 33.2 Å². The van der Waals surface area contributed by atoms with Crippen molar-refractivity contribution in [3.8, 4) is 5.75 Å². The minimum atomic E-state index is -0.100. The molecule has 0 bridgehead atoms. The highest BCUT2D eigenvalue weighted by Crippen LogP contribution is 2.37. The number of carbonyl (C=O) groups excluding carboxylic acids is 1. The molecule has 3 aromatic rings. The van der Waals surface area contributed by atoms with Gasteiger partial charge in [-0.25, -0.2) is 4.98 Å². The number of thiazole rings is 1. The Morgan fingerprint density at radius 3 is 2.68 bits per heavy atom. The Labute approximate surface area is 174 Å². The predicted molar refractivity (Wildman–Crippen MR) is 117 cm³/mol. The molecule has 2 aromatic carbocycles. The predicted octanol–water partition coefficient (Wildman–Crippen LogP) is 4.87. The van der Waals surface area contributed by atoms with Gasteiger partial charge in [-0.3, -0.25) is 9.69 Å². The van der Waals surface area contributed by atoms with E-state index in [-0.39, 0.29) is 5.91 Å². The number of aryl methyl sites for hydroxylation is 1. The lowest BCUT2D eigenvalue weighted by molar-refractivity contribution is 0.0986. The van der Waals surface area contributed by atoms with Crippen molar-refractivity contribution in [3.05, 3.63) is 52.5 Å². The first-order chi connectivity index (χ1) is 13.4. The highest BCUT2D eigenvalue weighted by molar-refractivity contribution is 7.22. The minimum Gasteiger partial charge on any atom is -0.494 e. The van der Waals surface area contributed by atoms with Gasteiger partial charge in [-0.2, -0.15) is 0 Å². The molecule has 0 N–H and O–H groups in total. The van der Waals surface area contributed by atoms with Crippen LogP contribution in [0.3, 0.4) is 0 Å². The first kappa shape index (κ1) is 20.6. The van der Waals surface area contributed by atoms with Crippen molar-refractivity contribution in [1.29, 1.82) is 0 Å². The Bertz CT molecular complexity index is 987. The molecule has 0 aliphatic carbocycles. The second kappa shape index (κ2) is 8.90. The van der Waals surface area contributed by atoms with Crippen molar-refractivity contribution in [3.63, 3.8) is 0 Å². The summed E-state index contributed by atoms with van der Waals surface area (Å²) in [4.78, 5) is 21.9. The highest BCUT2D eigenvalue weighted by atomic mass is 35.5. The van der Waals surface area contributed by atoms with Crippen LogP contribution in [0.15, 0.2) is 36.4 Å². The Hall–Kier alpha value is -2.15. The fourth-order valence-corrected chi connectivity index (χ4v) is 4.25. The number of rotatable bonds is 7. The van der Waals surface area contributed by atoms with Gasteiger partial charge < -0.3 is 9.64 Å². The van der Waals surface area contributed by atoms with Crippen molar-refractivity contribution in [2.75, 3.05) is 39.2 Å². The van der Waals surface area contributed by atoms with E-state index in [9.17, 15) is 4.79 Å². The summed E-state index contributed by atoms with van der Waals surface area (Å²) in [5.74, 6) is 0.614. The first-order valence-corrected chi connectivity index (χ1v) is 10.3. The van der Waals surface area contributed by atoms with Gasteiger partial charge in [-0.15, -0.1) is 0 Å². The Morgan fingerprint density at radius 2 is 2.00 bits per heavy atom. The lowest BCUT2D eigenvalue weighted by atomic mass is 10.2. The number of anilines is 1. The molecule has 5 nitrogen and oxygen atoms in total. The van der Waals surface area contributed by atoms with Gasteiger partial charge in [0.2, 0.25) is 0 Å². The largest absolute Gasteiger partial charge is 0.494 e. The van der Waals surface area contributed by atoms with Crippen LogP contribution in [0.4, 0.5) is 5.13 Å². The maximum Gasteiger partial charge on any atom is 0.260 e. The number of hydrogen-bond donors (Lipinski definition) is 0. The lowest BCUT2D eigenvalue weighted by Gasteiger charge is -2.21. The van der Waals surface area contributed by atoms with Crippen molar-refractivity contribution >= 4 is 44.2 Å². The fourth-order valence-electron chi connectivity index (χ4n) is 2.99. The molecule has 7 heteroatoms. The van der Waals surface area contributed by atoms with Crippen LogP contribution in [0.1, 0.15) is 22.3 Å². The average Bonchev–Trinajstić information content (AvgIpc) is 3.11. The molecule has 1 aromatic heterocycles. The summed E-state index contributed by atoms with van der Waals surface area (Å²) in [5.41, 5.74) is 2.46. The molecule has 3 rings (SSSR count). The smallest absolute Gasteiger partial charge is 0.260 e. The highest BCUT2D eigenvalue weighted by Gasteiger charge is 2.23. The number of halogens is 1. The monoisotopic (exact) mass is 417 g/mol. The molecular weight excluding hydrogens is 394 g/mol. The van der Waals surface area contributed by atoms with Crippen molar-refractivity contribution in [2.24, 2.45) is 0 Å². The van der Waals surface area contributed by atoms with E-state index in [1.54, 1.807) is 36.3 Å². The van der Waals surface area contributed by atoms with Gasteiger partial charge in [0.15, 0.2) is 5.13 Å². The molecule has 1 amide bonds. The number of aromatic nitrogens is 1. The molecule has 148 valence electrons. The van der Waals surface area contributed by atoms with E-state index < -0.39 is 0 Å². The number of nitrogens with zero attached hydrogens (tertiary/aromatic N) is 3. The zero-order chi connectivity index (χ0) is 20.3. The van der Waals surface area contributed by atoms with E-state index in [4.69, 9.17) is 21.3 Å². The summed E-state index contributed by atoms with van der Waals surface area (Å²) < 4.78 is 6.50. The number of hydrogen-bond acceptors (Lipinski definition) is 5. The third kappa shape index (κ3) is 4.46. The van der Waals surface area contributed by atoms with Gasteiger partial charge >= 0.3 is 0 Å². The SMILES string of the molecule is COc1ccc(C)c2sc(N(CCCN(C)C)C(=O)c3cccc(Cl)c3)nc12. The summed E-state index contributed by atoms with van der Waals surface area (Å²) in [6.07, 6.45) is 0.839. The molecule has 0 radical (unpaired) electrons. The van der Waals surface area contributed by atoms with Crippen LogP contribution in [0.25, 0.3) is 10.2 Å². The number of ether oxygens (including phenoxy) is 1. The van der Waals surface area contributed by atoms with Crippen LogP contribution in [-0.2, 0) is 0 Å². The zero-order valence-corrected chi connectivity index (χ0v) is 18.1.